The number of nitrogens with zero attached hydrogens (tertiary/aromatic N) is 3. The standard InChI is InChI=1S/C25H26N4O4/c1-18-8-7-11-20(24(32)27-13-5-6-14-27)23(18)26-21(30)17-29-22(31)12-15-28(25(29)33)16-19-9-3-2-4-10-19/h2-4,7-12,15H,5-6,13-14,16-17H2,1H3,(H,26,30). The minimum Gasteiger partial charge on any atom is -0.339 e. The van der Waals surface area contributed by atoms with Crippen molar-refractivity contribution in [3.63, 3.8) is 0 Å². The topological polar surface area (TPSA) is 93.4 Å². The van der Waals surface area contributed by atoms with Crippen molar-refractivity contribution >= 4 is 17.5 Å². The van der Waals surface area contributed by atoms with Crippen molar-refractivity contribution in [2.75, 3.05) is 18.4 Å². The number of hydrogen-bond donors (Lipinski definition) is 1. The summed E-state index contributed by atoms with van der Waals surface area (Å²) in [5.74, 6) is -0.676. The van der Waals surface area contributed by atoms with Gasteiger partial charge in [0, 0.05) is 25.4 Å². The summed E-state index contributed by atoms with van der Waals surface area (Å²) in [6.07, 6.45) is 3.36. The molecule has 2 heterocycles. The van der Waals surface area contributed by atoms with Crippen molar-refractivity contribution in [2.24, 2.45) is 0 Å². The van der Waals surface area contributed by atoms with E-state index >= 15 is 0 Å². The predicted molar refractivity (Wildman–Crippen MR) is 125 cm³/mol. The molecule has 2 amide bonds. The van der Waals surface area contributed by atoms with Crippen molar-refractivity contribution in [3.8, 4) is 0 Å². The predicted octanol–water partition coefficient (Wildman–Crippen LogP) is 2.24. The fraction of sp³-hybridized carbons (Fsp3) is 0.280. The van der Waals surface area contributed by atoms with Crippen molar-refractivity contribution in [1.29, 1.82) is 0 Å². The Morgan fingerprint density at radius 1 is 0.939 bits per heavy atom. The molecule has 1 aromatic heterocycles. The zero-order valence-electron chi connectivity index (χ0n) is 18.5. The van der Waals surface area contributed by atoms with Gasteiger partial charge in [-0.15, -0.1) is 0 Å². The normalized spacial score (nSPS) is 13.2. The van der Waals surface area contributed by atoms with Crippen LogP contribution in [0.15, 0.2) is 70.4 Å². The lowest BCUT2D eigenvalue weighted by Gasteiger charge is -2.19. The highest BCUT2D eigenvalue weighted by molar-refractivity contribution is 6.04. The molecular weight excluding hydrogens is 420 g/mol. The second kappa shape index (κ2) is 9.68. The van der Waals surface area contributed by atoms with Crippen LogP contribution in [0.5, 0.6) is 0 Å². The summed E-state index contributed by atoms with van der Waals surface area (Å²) in [6, 6.07) is 15.9. The van der Waals surface area contributed by atoms with Crippen LogP contribution >= 0.6 is 0 Å². The number of benzene rings is 2. The monoisotopic (exact) mass is 446 g/mol. The van der Waals surface area contributed by atoms with Gasteiger partial charge in [0.15, 0.2) is 0 Å². The molecule has 0 saturated carbocycles. The van der Waals surface area contributed by atoms with Crippen molar-refractivity contribution in [3.05, 3.63) is 98.3 Å². The number of amides is 2. The van der Waals surface area contributed by atoms with Gasteiger partial charge >= 0.3 is 5.69 Å². The van der Waals surface area contributed by atoms with E-state index in [4.69, 9.17) is 0 Å². The highest BCUT2D eigenvalue weighted by Gasteiger charge is 2.23. The highest BCUT2D eigenvalue weighted by atomic mass is 16.2. The quantitative estimate of drug-likeness (QED) is 0.629. The molecule has 1 fully saturated rings. The van der Waals surface area contributed by atoms with E-state index < -0.39 is 23.7 Å². The first-order chi connectivity index (χ1) is 15.9. The van der Waals surface area contributed by atoms with Gasteiger partial charge in [0.25, 0.3) is 11.5 Å². The maximum Gasteiger partial charge on any atom is 0.331 e. The van der Waals surface area contributed by atoms with Crippen LogP contribution < -0.4 is 16.6 Å². The van der Waals surface area contributed by atoms with E-state index in [-0.39, 0.29) is 12.5 Å². The fourth-order valence-electron chi connectivity index (χ4n) is 4.03. The van der Waals surface area contributed by atoms with Gasteiger partial charge in [0.05, 0.1) is 17.8 Å². The third kappa shape index (κ3) is 4.95. The number of carbonyl (C=O) groups is 2. The molecule has 1 aliphatic rings. The van der Waals surface area contributed by atoms with Gasteiger partial charge < -0.3 is 10.2 Å². The first-order valence-electron chi connectivity index (χ1n) is 11.0. The number of nitrogens with one attached hydrogen (secondary N) is 1. The van der Waals surface area contributed by atoms with Gasteiger partial charge in [-0.1, -0.05) is 42.5 Å². The Bertz CT molecular complexity index is 1290. The molecule has 0 atom stereocenters. The molecule has 0 unspecified atom stereocenters. The second-order valence-corrected chi connectivity index (χ2v) is 8.18. The van der Waals surface area contributed by atoms with Crippen LogP contribution in [0.4, 0.5) is 5.69 Å². The first-order valence-corrected chi connectivity index (χ1v) is 11.0. The molecule has 0 radical (unpaired) electrons. The third-order valence-corrected chi connectivity index (χ3v) is 5.80. The number of rotatable bonds is 6. The van der Waals surface area contributed by atoms with Crippen LogP contribution in [0.25, 0.3) is 0 Å². The summed E-state index contributed by atoms with van der Waals surface area (Å²) >= 11 is 0. The smallest absolute Gasteiger partial charge is 0.331 e. The summed E-state index contributed by atoms with van der Waals surface area (Å²) in [4.78, 5) is 52.8. The van der Waals surface area contributed by atoms with Gasteiger partial charge in [-0.05, 0) is 37.0 Å². The lowest BCUT2D eigenvalue weighted by molar-refractivity contribution is -0.116. The molecule has 33 heavy (non-hydrogen) atoms. The molecule has 170 valence electrons. The summed E-state index contributed by atoms with van der Waals surface area (Å²) in [5, 5.41) is 2.76. The van der Waals surface area contributed by atoms with Crippen molar-refractivity contribution in [1.82, 2.24) is 14.0 Å². The van der Waals surface area contributed by atoms with Gasteiger partial charge in [-0.25, -0.2) is 4.79 Å². The zero-order chi connectivity index (χ0) is 23.4. The largest absolute Gasteiger partial charge is 0.339 e. The molecule has 4 rings (SSSR count). The first kappa shape index (κ1) is 22.3. The van der Waals surface area contributed by atoms with Gasteiger partial charge in [-0.2, -0.15) is 0 Å². The van der Waals surface area contributed by atoms with E-state index in [0.29, 0.717) is 24.3 Å². The Labute approximate surface area is 191 Å². The Hall–Kier alpha value is -3.94. The second-order valence-electron chi connectivity index (χ2n) is 8.18. The average molecular weight is 447 g/mol. The zero-order valence-corrected chi connectivity index (χ0v) is 18.5. The number of hydrogen-bond acceptors (Lipinski definition) is 4. The van der Waals surface area contributed by atoms with Gasteiger partial charge in [0.2, 0.25) is 5.91 Å². The van der Waals surface area contributed by atoms with Crippen LogP contribution in [-0.2, 0) is 17.9 Å². The SMILES string of the molecule is Cc1cccc(C(=O)N2CCCC2)c1NC(=O)Cn1c(=O)ccn(Cc2ccccc2)c1=O. The number of aryl methyl sites for hydroxylation is 1. The van der Waals surface area contributed by atoms with E-state index in [1.54, 1.807) is 30.0 Å². The minimum atomic E-state index is -0.570. The molecule has 0 bridgehead atoms. The number of anilines is 1. The van der Waals surface area contributed by atoms with Crippen molar-refractivity contribution in [2.45, 2.75) is 32.9 Å². The highest BCUT2D eigenvalue weighted by Crippen LogP contribution is 2.24. The van der Waals surface area contributed by atoms with E-state index in [1.165, 1.54) is 16.8 Å². The summed E-state index contributed by atoms with van der Waals surface area (Å²) in [5.41, 5.74) is 1.33. The Morgan fingerprint density at radius 2 is 1.67 bits per heavy atom. The van der Waals surface area contributed by atoms with E-state index in [9.17, 15) is 19.2 Å². The van der Waals surface area contributed by atoms with Gasteiger partial charge in [0.1, 0.15) is 6.54 Å². The van der Waals surface area contributed by atoms with Crippen molar-refractivity contribution < 1.29 is 9.59 Å². The lowest BCUT2D eigenvalue weighted by atomic mass is 10.1. The molecular formula is C25H26N4O4. The molecule has 3 aromatic rings. The Morgan fingerprint density at radius 3 is 2.39 bits per heavy atom. The van der Waals surface area contributed by atoms with E-state index in [1.807, 2.05) is 30.3 Å². The molecule has 0 spiro atoms. The van der Waals surface area contributed by atoms with E-state index in [0.717, 1.165) is 28.5 Å². The fourth-order valence-corrected chi connectivity index (χ4v) is 4.03. The van der Waals surface area contributed by atoms with Crippen LogP contribution in [0, 0.1) is 6.92 Å². The maximum absolute atomic E-state index is 13.0. The van der Waals surface area contributed by atoms with Crippen LogP contribution in [0.2, 0.25) is 0 Å². The third-order valence-electron chi connectivity index (χ3n) is 5.80. The molecule has 1 N–H and O–H groups in total. The van der Waals surface area contributed by atoms with Crippen LogP contribution in [0.1, 0.15) is 34.3 Å². The average Bonchev–Trinajstić information content (AvgIpc) is 3.35. The molecule has 0 aliphatic carbocycles. The number of likely N-dealkylation sites (tertiary alicyclic amines) is 1. The summed E-state index contributed by atoms with van der Waals surface area (Å²) in [7, 11) is 0. The van der Waals surface area contributed by atoms with Gasteiger partial charge in [-0.3, -0.25) is 23.5 Å². The van der Waals surface area contributed by atoms with E-state index in [2.05, 4.69) is 5.32 Å². The molecule has 2 aromatic carbocycles. The molecule has 1 aliphatic heterocycles. The molecule has 8 nitrogen and oxygen atoms in total. The molecule has 1 saturated heterocycles. The minimum absolute atomic E-state index is 0.131. The Kier molecular flexibility index (Phi) is 6.53. The van der Waals surface area contributed by atoms with Crippen LogP contribution in [0.3, 0.4) is 0 Å². The molecule has 8 heteroatoms. The number of aromatic nitrogens is 2. The van der Waals surface area contributed by atoms with Crippen LogP contribution in [-0.4, -0.2) is 38.9 Å². The number of para-hydroxylation sites is 1. The maximum atomic E-state index is 13.0. The lowest BCUT2D eigenvalue weighted by Crippen LogP contribution is -2.42. The number of carbonyl (C=O) groups excluding carboxylic acids is 2. The Balaban J connectivity index is 1.56. The summed E-state index contributed by atoms with van der Waals surface area (Å²) < 4.78 is 2.29. The summed E-state index contributed by atoms with van der Waals surface area (Å²) in [6.45, 7) is 3.03.